The van der Waals surface area contributed by atoms with Crippen LogP contribution in [0, 0.1) is 5.41 Å². The van der Waals surface area contributed by atoms with Crippen molar-refractivity contribution in [2.45, 2.75) is 33.8 Å². The lowest BCUT2D eigenvalue weighted by Gasteiger charge is -2.20. The first-order chi connectivity index (χ1) is 6.25. The highest BCUT2D eigenvalue weighted by Gasteiger charge is 2.29. The molecule has 0 fully saturated rings. The summed E-state index contributed by atoms with van der Waals surface area (Å²) in [4.78, 5) is 8.37. The minimum Gasteiger partial charge on any atom is -0.394 e. The molecule has 14 heavy (non-hydrogen) atoms. The van der Waals surface area contributed by atoms with E-state index >= 15 is 0 Å². The Hall–Kier alpha value is -0.0600. The molecule has 3 N–H and O–H groups in total. The first kappa shape index (κ1) is 16.4. The summed E-state index contributed by atoms with van der Waals surface area (Å²) < 4.78 is 14.9. The van der Waals surface area contributed by atoms with Crippen molar-refractivity contribution < 1.29 is 24.2 Å². The zero-order valence-electron chi connectivity index (χ0n) is 9.10. The van der Waals surface area contributed by atoms with Gasteiger partial charge in [0.1, 0.15) is 6.10 Å². The fourth-order valence-corrected chi connectivity index (χ4v) is 0.880. The fraction of sp³-hybridized carbons (Fsp3) is 1.00. The van der Waals surface area contributed by atoms with Crippen LogP contribution in [0.15, 0.2) is 0 Å². The molecule has 2 atom stereocenters. The molecule has 0 aliphatic carbocycles. The van der Waals surface area contributed by atoms with Crippen LogP contribution in [0.1, 0.15) is 27.7 Å². The van der Waals surface area contributed by atoms with Gasteiger partial charge in [0.15, 0.2) is 0 Å². The van der Waals surface area contributed by atoms with Crippen molar-refractivity contribution in [2.24, 2.45) is 5.41 Å². The third-order valence-electron chi connectivity index (χ3n) is 1.57. The van der Waals surface area contributed by atoms with Crippen LogP contribution < -0.4 is 0 Å². The standard InChI is InChI=1S/C6H13O3P.C2H6O2/c1-5(6(2,3)4)9-10(7)8;3-1-2-4/h5H,1-4H3;3-4H,1-2H2/p+1. The van der Waals surface area contributed by atoms with Crippen molar-refractivity contribution >= 4 is 8.25 Å². The van der Waals surface area contributed by atoms with Gasteiger partial charge in [0, 0.05) is 4.57 Å². The van der Waals surface area contributed by atoms with Crippen LogP contribution in [-0.2, 0) is 9.09 Å². The Labute approximate surface area is 85.7 Å². The van der Waals surface area contributed by atoms with E-state index in [4.69, 9.17) is 15.1 Å². The molecule has 0 aromatic carbocycles. The van der Waals surface area contributed by atoms with Crippen molar-refractivity contribution in [3.8, 4) is 0 Å². The van der Waals surface area contributed by atoms with Gasteiger partial charge in [-0.25, -0.2) is 0 Å². The van der Waals surface area contributed by atoms with Crippen molar-refractivity contribution in [1.29, 1.82) is 0 Å². The first-order valence-electron chi connectivity index (χ1n) is 4.30. The molecule has 0 bridgehead atoms. The van der Waals surface area contributed by atoms with Gasteiger partial charge < -0.3 is 10.2 Å². The molecule has 0 aromatic rings. The van der Waals surface area contributed by atoms with E-state index in [1.54, 1.807) is 6.92 Å². The molecule has 0 saturated carbocycles. The summed E-state index contributed by atoms with van der Waals surface area (Å²) in [5, 5.41) is 15.2. The Kier molecular flexibility index (Phi) is 9.67. The zero-order valence-corrected chi connectivity index (χ0v) is 9.99. The minimum atomic E-state index is -2.45. The predicted molar refractivity (Wildman–Crippen MR) is 54.0 cm³/mol. The number of hydrogen-bond acceptors (Lipinski definition) is 4. The highest BCUT2D eigenvalue weighted by Crippen LogP contribution is 2.29. The molecule has 5 nitrogen and oxygen atoms in total. The second kappa shape index (κ2) is 8.26. The summed E-state index contributed by atoms with van der Waals surface area (Å²) in [6.45, 7) is 7.40. The summed E-state index contributed by atoms with van der Waals surface area (Å²) in [5.74, 6) is 0. The third kappa shape index (κ3) is 11.9. The van der Waals surface area contributed by atoms with Gasteiger partial charge in [0.2, 0.25) is 0 Å². The van der Waals surface area contributed by atoms with E-state index in [-0.39, 0.29) is 24.7 Å². The molecule has 0 amide bonds. The molecular weight excluding hydrogens is 207 g/mol. The van der Waals surface area contributed by atoms with Gasteiger partial charge in [-0.3, -0.25) is 0 Å². The van der Waals surface area contributed by atoms with Crippen LogP contribution in [0.2, 0.25) is 0 Å². The van der Waals surface area contributed by atoms with E-state index in [2.05, 4.69) is 4.52 Å². The molecule has 86 valence electrons. The summed E-state index contributed by atoms with van der Waals surface area (Å²) in [6.07, 6.45) is -0.193. The predicted octanol–water partition coefficient (Wildman–Crippen LogP) is 1.06. The van der Waals surface area contributed by atoms with E-state index < -0.39 is 8.25 Å². The summed E-state index contributed by atoms with van der Waals surface area (Å²) >= 11 is 0. The molecule has 0 aliphatic heterocycles. The second-order valence-electron chi connectivity index (χ2n) is 3.80. The van der Waals surface area contributed by atoms with E-state index in [0.717, 1.165) is 0 Å². The van der Waals surface area contributed by atoms with Gasteiger partial charge in [-0.1, -0.05) is 20.8 Å². The van der Waals surface area contributed by atoms with Crippen molar-refractivity contribution in [3.63, 3.8) is 0 Å². The molecular formula is C8H20O5P+. The summed E-state index contributed by atoms with van der Waals surface area (Å²) in [7, 11) is -2.45. The van der Waals surface area contributed by atoms with Crippen LogP contribution in [0.4, 0.5) is 0 Å². The lowest BCUT2D eigenvalue weighted by atomic mass is 9.91. The van der Waals surface area contributed by atoms with E-state index in [0.29, 0.717) is 0 Å². The van der Waals surface area contributed by atoms with Crippen LogP contribution in [0.25, 0.3) is 0 Å². The molecule has 0 aromatic heterocycles. The SMILES string of the molecule is CC(O[P+](=O)O)C(C)(C)C.OCCO. The Bertz CT molecular complexity index is 152. The molecule has 0 saturated heterocycles. The maximum Gasteiger partial charge on any atom is 0.695 e. The average molecular weight is 227 g/mol. The lowest BCUT2D eigenvalue weighted by molar-refractivity contribution is 0.0986. The first-order valence-corrected chi connectivity index (χ1v) is 5.43. The maximum atomic E-state index is 10.2. The fourth-order valence-electron chi connectivity index (χ4n) is 0.293. The average Bonchev–Trinajstić information content (AvgIpc) is 2.02. The van der Waals surface area contributed by atoms with Crippen molar-refractivity contribution in [1.82, 2.24) is 0 Å². The molecule has 0 heterocycles. The smallest absolute Gasteiger partial charge is 0.394 e. The monoisotopic (exact) mass is 227 g/mol. The van der Waals surface area contributed by atoms with Crippen molar-refractivity contribution in [2.75, 3.05) is 13.2 Å². The molecule has 0 spiro atoms. The molecule has 0 radical (unpaired) electrons. The second-order valence-corrected chi connectivity index (χ2v) is 4.49. The molecule has 0 rings (SSSR count). The van der Waals surface area contributed by atoms with E-state index in [1.165, 1.54) is 0 Å². The number of aliphatic hydroxyl groups excluding tert-OH is 2. The van der Waals surface area contributed by atoms with E-state index in [1.807, 2.05) is 20.8 Å². The largest absolute Gasteiger partial charge is 0.695 e. The Morgan fingerprint density at radius 1 is 1.29 bits per heavy atom. The molecule has 2 unspecified atom stereocenters. The van der Waals surface area contributed by atoms with Gasteiger partial charge in [-0.2, -0.15) is 0 Å². The zero-order chi connectivity index (χ0) is 11.8. The minimum absolute atomic E-state index is 0.0757. The Morgan fingerprint density at radius 3 is 1.71 bits per heavy atom. The lowest BCUT2D eigenvalue weighted by Crippen LogP contribution is -2.23. The van der Waals surface area contributed by atoms with Crippen LogP contribution >= 0.6 is 8.25 Å². The number of hydrogen-bond donors (Lipinski definition) is 3. The number of rotatable bonds is 3. The summed E-state index contributed by atoms with van der Waals surface area (Å²) in [5.41, 5.74) is -0.0757. The molecule has 0 aliphatic rings. The van der Waals surface area contributed by atoms with Gasteiger partial charge in [-0.15, -0.1) is 9.42 Å². The highest BCUT2D eigenvalue weighted by atomic mass is 31.1. The Morgan fingerprint density at radius 2 is 1.64 bits per heavy atom. The maximum absolute atomic E-state index is 10.2. The normalized spacial score (nSPS) is 14.1. The third-order valence-corrected chi connectivity index (χ3v) is 2.06. The molecule has 6 heteroatoms. The van der Waals surface area contributed by atoms with Crippen LogP contribution in [0.5, 0.6) is 0 Å². The van der Waals surface area contributed by atoms with Gasteiger partial charge in [0.05, 0.1) is 13.2 Å². The van der Waals surface area contributed by atoms with Gasteiger partial charge >= 0.3 is 8.25 Å². The summed E-state index contributed by atoms with van der Waals surface area (Å²) in [6, 6.07) is 0. The highest BCUT2D eigenvalue weighted by molar-refractivity contribution is 7.32. The van der Waals surface area contributed by atoms with Crippen LogP contribution in [-0.4, -0.2) is 34.4 Å². The van der Waals surface area contributed by atoms with Crippen LogP contribution in [0.3, 0.4) is 0 Å². The topological polar surface area (TPSA) is 87.0 Å². The Balaban J connectivity index is 0. The van der Waals surface area contributed by atoms with Gasteiger partial charge in [-0.05, 0) is 12.3 Å². The number of aliphatic hydroxyl groups is 2. The van der Waals surface area contributed by atoms with E-state index in [9.17, 15) is 4.57 Å². The quantitative estimate of drug-likeness (QED) is 0.627. The van der Waals surface area contributed by atoms with Gasteiger partial charge in [0.25, 0.3) is 0 Å². The van der Waals surface area contributed by atoms with Crippen molar-refractivity contribution in [3.05, 3.63) is 0 Å².